The van der Waals surface area contributed by atoms with Crippen molar-refractivity contribution in [3.05, 3.63) is 64.5 Å². The molecule has 1 aromatic heterocycles. The largest absolute Gasteiger partial charge is 0.421 e. The number of nitrogens with one attached hydrogen (secondary N) is 2. The molecule has 102 valence electrons. The number of benzene rings is 2. The van der Waals surface area contributed by atoms with Crippen molar-refractivity contribution in [2.45, 2.75) is 0 Å². The number of anilines is 3. The first-order valence-electron chi connectivity index (χ1n) is 6.47. The Morgan fingerprint density at radius 2 is 1.57 bits per heavy atom. The molecule has 1 aliphatic rings. The Hall–Kier alpha value is -3.08. The van der Waals surface area contributed by atoms with Crippen molar-refractivity contribution in [2.75, 3.05) is 10.6 Å². The Labute approximate surface area is 119 Å². The first-order valence-corrected chi connectivity index (χ1v) is 6.47. The van der Waals surface area contributed by atoms with Crippen LogP contribution < -0.4 is 16.3 Å². The monoisotopic (exact) mass is 278 g/mol. The van der Waals surface area contributed by atoms with Gasteiger partial charge < -0.3 is 15.1 Å². The van der Waals surface area contributed by atoms with Gasteiger partial charge in [0.15, 0.2) is 5.69 Å². The standard InChI is InChI=1S/C16H10N2O3/c19-15-9-5-1-3-7-11(9)17-13-10-6-2-4-8-12(10)21-16(20)14(13)18-15/h1-8,17H,(H,18,19). The van der Waals surface area contributed by atoms with Crippen molar-refractivity contribution >= 4 is 33.9 Å². The maximum Gasteiger partial charge on any atom is 0.362 e. The highest BCUT2D eigenvalue weighted by Crippen LogP contribution is 2.35. The van der Waals surface area contributed by atoms with E-state index in [0.29, 0.717) is 22.5 Å². The minimum atomic E-state index is -0.572. The second kappa shape index (κ2) is 4.21. The van der Waals surface area contributed by atoms with E-state index in [1.54, 1.807) is 30.3 Å². The van der Waals surface area contributed by atoms with Gasteiger partial charge in [-0.15, -0.1) is 0 Å². The highest BCUT2D eigenvalue weighted by molar-refractivity contribution is 6.14. The molecule has 0 spiro atoms. The predicted molar refractivity (Wildman–Crippen MR) is 80.2 cm³/mol. The molecule has 0 aliphatic carbocycles. The van der Waals surface area contributed by atoms with Gasteiger partial charge in [-0.1, -0.05) is 24.3 Å². The first kappa shape index (κ1) is 11.7. The molecular weight excluding hydrogens is 268 g/mol. The molecule has 21 heavy (non-hydrogen) atoms. The zero-order chi connectivity index (χ0) is 14.4. The van der Waals surface area contributed by atoms with E-state index < -0.39 is 5.63 Å². The lowest BCUT2D eigenvalue weighted by Gasteiger charge is -2.10. The fourth-order valence-corrected chi connectivity index (χ4v) is 2.50. The summed E-state index contributed by atoms with van der Waals surface area (Å²) in [6, 6.07) is 14.3. The van der Waals surface area contributed by atoms with Crippen LogP contribution in [0.4, 0.5) is 17.1 Å². The van der Waals surface area contributed by atoms with E-state index in [9.17, 15) is 9.59 Å². The van der Waals surface area contributed by atoms with E-state index in [4.69, 9.17) is 4.42 Å². The molecule has 2 heterocycles. The van der Waals surface area contributed by atoms with Gasteiger partial charge in [0, 0.05) is 5.39 Å². The van der Waals surface area contributed by atoms with Crippen LogP contribution in [0.5, 0.6) is 0 Å². The molecule has 0 saturated heterocycles. The summed E-state index contributed by atoms with van der Waals surface area (Å²) in [6.07, 6.45) is 0. The van der Waals surface area contributed by atoms with Crippen LogP contribution >= 0.6 is 0 Å². The highest BCUT2D eigenvalue weighted by atomic mass is 16.4. The van der Waals surface area contributed by atoms with Crippen molar-refractivity contribution in [1.82, 2.24) is 0 Å². The van der Waals surface area contributed by atoms with Crippen LogP contribution in [0.2, 0.25) is 0 Å². The molecule has 0 radical (unpaired) electrons. The summed E-state index contributed by atoms with van der Waals surface area (Å²) in [5.74, 6) is -0.334. The van der Waals surface area contributed by atoms with Crippen LogP contribution in [0.3, 0.4) is 0 Å². The van der Waals surface area contributed by atoms with Crippen LogP contribution in [0.1, 0.15) is 10.4 Å². The van der Waals surface area contributed by atoms with Crippen LogP contribution in [0.15, 0.2) is 57.7 Å². The van der Waals surface area contributed by atoms with Crippen LogP contribution in [-0.2, 0) is 0 Å². The zero-order valence-corrected chi connectivity index (χ0v) is 10.8. The third kappa shape index (κ3) is 1.71. The summed E-state index contributed by atoms with van der Waals surface area (Å²) in [5.41, 5.74) is 1.73. The third-order valence-corrected chi connectivity index (χ3v) is 3.48. The Kier molecular flexibility index (Phi) is 2.35. The van der Waals surface area contributed by atoms with Gasteiger partial charge in [0.05, 0.1) is 16.9 Å². The van der Waals surface area contributed by atoms with Crippen LogP contribution in [-0.4, -0.2) is 5.91 Å². The maximum atomic E-state index is 12.2. The van der Waals surface area contributed by atoms with Gasteiger partial charge in [-0.3, -0.25) is 4.79 Å². The van der Waals surface area contributed by atoms with E-state index >= 15 is 0 Å². The third-order valence-electron chi connectivity index (χ3n) is 3.48. The molecule has 5 nitrogen and oxygen atoms in total. The number of hydrogen-bond acceptors (Lipinski definition) is 4. The number of para-hydroxylation sites is 2. The van der Waals surface area contributed by atoms with E-state index in [0.717, 1.165) is 5.39 Å². The van der Waals surface area contributed by atoms with E-state index in [1.165, 1.54) is 0 Å². The van der Waals surface area contributed by atoms with Gasteiger partial charge in [0.25, 0.3) is 5.91 Å². The number of carbonyl (C=O) groups excluding carboxylic acids is 1. The topological polar surface area (TPSA) is 71.3 Å². The SMILES string of the molecule is O=C1Nc2c(c3ccccc3oc2=O)Nc2ccccc21. The van der Waals surface area contributed by atoms with Crippen molar-refractivity contribution < 1.29 is 9.21 Å². The van der Waals surface area contributed by atoms with Gasteiger partial charge in [-0.05, 0) is 24.3 Å². The molecular formula is C16H10N2O3. The summed E-state index contributed by atoms with van der Waals surface area (Å²) >= 11 is 0. The minimum Gasteiger partial charge on any atom is -0.421 e. The quantitative estimate of drug-likeness (QED) is 0.620. The van der Waals surface area contributed by atoms with Crippen LogP contribution in [0, 0.1) is 0 Å². The van der Waals surface area contributed by atoms with Crippen molar-refractivity contribution in [3.8, 4) is 0 Å². The molecule has 1 aliphatic heterocycles. The molecule has 0 bridgehead atoms. The Morgan fingerprint density at radius 1 is 0.810 bits per heavy atom. The second-order valence-electron chi connectivity index (χ2n) is 4.76. The van der Waals surface area contributed by atoms with Gasteiger partial charge in [0.2, 0.25) is 0 Å². The lowest BCUT2D eigenvalue weighted by atomic mass is 10.1. The molecule has 2 N–H and O–H groups in total. The lowest BCUT2D eigenvalue weighted by molar-refractivity contribution is 0.102. The molecule has 0 atom stereocenters. The molecule has 5 heteroatoms. The Balaban J connectivity index is 2.08. The number of amides is 1. The minimum absolute atomic E-state index is 0.134. The van der Waals surface area contributed by atoms with Crippen molar-refractivity contribution in [1.29, 1.82) is 0 Å². The fourth-order valence-electron chi connectivity index (χ4n) is 2.50. The second-order valence-corrected chi connectivity index (χ2v) is 4.76. The molecule has 4 rings (SSSR count). The van der Waals surface area contributed by atoms with E-state index in [-0.39, 0.29) is 11.6 Å². The molecule has 0 saturated carbocycles. The molecule has 3 aromatic rings. The van der Waals surface area contributed by atoms with Gasteiger partial charge in [-0.25, -0.2) is 4.79 Å². The van der Waals surface area contributed by atoms with E-state index in [2.05, 4.69) is 10.6 Å². The normalized spacial score (nSPS) is 12.9. The lowest BCUT2D eigenvalue weighted by Crippen LogP contribution is -2.16. The summed E-state index contributed by atoms with van der Waals surface area (Å²) in [4.78, 5) is 24.3. The molecule has 0 unspecified atom stereocenters. The predicted octanol–water partition coefficient (Wildman–Crippen LogP) is 3.10. The van der Waals surface area contributed by atoms with E-state index in [1.807, 2.05) is 18.2 Å². The molecule has 0 fully saturated rings. The van der Waals surface area contributed by atoms with Gasteiger partial charge in [-0.2, -0.15) is 0 Å². The number of hydrogen-bond donors (Lipinski definition) is 2. The summed E-state index contributed by atoms with van der Waals surface area (Å²) in [7, 11) is 0. The number of fused-ring (bicyclic) bond motifs is 4. The number of carbonyl (C=O) groups is 1. The smallest absolute Gasteiger partial charge is 0.362 e. The Bertz CT molecular complexity index is 944. The van der Waals surface area contributed by atoms with Crippen LogP contribution in [0.25, 0.3) is 11.0 Å². The zero-order valence-electron chi connectivity index (χ0n) is 10.8. The van der Waals surface area contributed by atoms with Gasteiger partial charge >= 0.3 is 5.63 Å². The summed E-state index contributed by atoms with van der Waals surface area (Å²) in [6.45, 7) is 0. The van der Waals surface area contributed by atoms with Crippen molar-refractivity contribution in [2.24, 2.45) is 0 Å². The summed E-state index contributed by atoms with van der Waals surface area (Å²) in [5, 5.41) is 6.55. The average molecular weight is 278 g/mol. The first-order chi connectivity index (χ1) is 10.2. The number of rotatable bonds is 0. The maximum absolute atomic E-state index is 12.2. The average Bonchev–Trinajstić information content (AvgIpc) is 2.65. The molecule has 2 aromatic carbocycles. The highest BCUT2D eigenvalue weighted by Gasteiger charge is 2.23. The van der Waals surface area contributed by atoms with Gasteiger partial charge in [0.1, 0.15) is 5.58 Å². The Morgan fingerprint density at radius 3 is 2.48 bits per heavy atom. The summed E-state index contributed by atoms with van der Waals surface area (Å²) < 4.78 is 5.25. The fraction of sp³-hybridized carbons (Fsp3) is 0. The van der Waals surface area contributed by atoms with Crippen molar-refractivity contribution in [3.63, 3.8) is 0 Å². The molecule has 1 amide bonds.